The van der Waals surface area contributed by atoms with Crippen LogP contribution in [0.5, 0.6) is 0 Å². The number of benzene rings is 2. The summed E-state index contributed by atoms with van der Waals surface area (Å²) >= 11 is 5.93. The first-order chi connectivity index (χ1) is 13.1. The summed E-state index contributed by atoms with van der Waals surface area (Å²) in [6.45, 7) is 0. The molecule has 0 bridgehead atoms. The van der Waals surface area contributed by atoms with E-state index in [9.17, 15) is 14.9 Å². The number of hydrogen-bond acceptors (Lipinski definition) is 4. The minimum Gasteiger partial charge on any atom is -0.353 e. The summed E-state index contributed by atoms with van der Waals surface area (Å²) in [5, 5.41) is 10.3. The molecule has 0 saturated carbocycles. The van der Waals surface area contributed by atoms with E-state index < -0.39 is 17.9 Å². The monoisotopic (exact) mass is 375 g/mol. The fraction of sp³-hybridized carbons (Fsp3) is 0.190. The van der Waals surface area contributed by atoms with E-state index >= 15 is 0 Å². The summed E-state index contributed by atoms with van der Waals surface area (Å²) in [4.78, 5) is 29.6. The fourth-order valence-corrected chi connectivity index (χ4v) is 4.68. The Balaban J connectivity index is 1.63. The minimum absolute atomic E-state index is 0.259. The van der Waals surface area contributed by atoms with Gasteiger partial charge < -0.3 is 4.90 Å². The van der Waals surface area contributed by atoms with Gasteiger partial charge in [-0.1, -0.05) is 35.9 Å². The van der Waals surface area contributed by atoms with Crippen molar-refractivity contribution >= 4 is 35.2 Å². The van der Waals surface area contributed by atoms with Crippen LogP contribution in [0.15, 0.2) is 54.7 Å². The molecule has 0 aliphatic carbocycles. The molecule has 0 spiro atoms. The maximum atomic E-state index is 13.3. The van der Waals surface area contributed by atoms with Crippen LogP contribution in [0.1, 0.15) is 17.2 Å². The van der Waals surface area contributed by atoms with Crippen LogP contribution < -0.4 is 4.90 Å². The number of anilines is 1. The summed E-state index contributed by atoms with van der Waals surface area (Å²) in [5.41, 5.74) is 2.49. The molecule has 2 aromatic carbocycles. The highest BCUT2D eigenvalue weighted by Crippen LogP contribution is 2.52. The van der Waals surface area contributed by atoms with Gasteiger partial charge in [0, 0.05) is 11.2 Å². The third-order valence-corrected chi connectivity index (χ3v) is 5.93. The zero-order valence-electron chi connectivity index (χ0n) is 14.1. The predicted molar refractivity (Wildman–Crippen MR) is 100 cm³/mol. The van der Waals surface area contributed by atoms with Gasteiger partial charge in [-0.3, -0.25) is 9.59 Å². The molecule has 5 nitrogen and oxygen atoms in total. The molecule has 6 heteroatoms. The van der Waals surface area contributed by atoms with E-state index in [2.05, 4.69) is 6.07 Å². The van der Waals surface area contributed by atoms with Crippen molar-refractivity contribution in [3.8, 4) is 6.07 Å². The zero-order valence-corrected chi connectivity index (χ0v) is 14.9. The number of rotatable bonds is 1. The topological polar surface area (TPSA) is 64.4 Å². The average molecular weight is 376 g/mol. The fourth-order valence-electron chi connectivity index (χ4n) is 4.55. The number of amides is 2. The minimum atomic E-state index is -0.681. The molecule has 2 aromatic rings. The summed E-state index contributed by atoms with van der Waals surface area (Å²) in [6, 6.07) is 15.7. The molecule has 0 aromatic heterocycles. The molecule has 0 radical (unpaired) electrons. The lowest BCUT2D eigenvalue weighted by atomic mass is 9.85. The first-order valence-corrected chi connectivity index (χ1v) is 9.07. The third-order valence-electron chi connectivity index (χ3n) is 5.68. The smallest absolute Gasteiger partial charge is 0.240 e. The van der Waals surface area contributed by atoms with Crippen molar-refractivity contribution in [2.45, 2.75) is 12.1 Å². The molecule has 3 heterocycles. The van der Waals surface area contributed by atoms with Crippen LogP contribution in [0.25, 0.3) is 6.08 Å². The van der Waals surface area contributed by atoms with Crippen molar-refractivity contribution in [1.82, 2.24) is 4.90 Å². The lowest BCUT2D eigenvalue weighted by Crippen LogP contribution is -2.40. The van der Waals surface area contributed by atoms with Gasteiger partial charge in [-0.15, -0.1) is 0 Å². The molecule has 2 amide bonds. The van der Waals surface area contributed by atoms with E-state index in [1.54, 1.807) is 24.3 Å². The van der Waals surface area contributed by atoms with E-state index in [4.69, 9.17) is 11.6 Å². The maximum Gasteiger partial charge on any atom is 0.240 e. The van der Waals surface area contributed by atoms with E-state index in [0.29, 0.717) is 10.7 Å². The molecular weight excluding hydrogens is 362 g/mol. The van der Waals surface area contributed by atoms with E-state index in [0.717, 1.165) is 11.1 Å². The third kappa shape index (κ3) is 2.11. The van der Waals surface area contributed by atoms with E-state index in [1.165, 1.54) is 4.90 Å². The highest BCUT2D eigenvalue weighted by Gasteiger charge is 2.63. The summed E-state index contributed by atoms with van der Waals surface area (Å²) < 4.78 is 0. The van der Waals surface area contributed by atoms with Crippen molar-refractivity contribution in [2.75, 3.05) is 4.90 Å². The van der Waals surface area contributed by atoms with Gasteiger partial charge in [-0.25, -0.2) is 4.90 Å². The zero-order chi connectivity index (χ0) is 18.7. The van der Waals surface area contributed by atoms with Gasteiger partial charge in [0.05, 0.1) is 29.6 Å². The Labute approximate surface area is 161 Å². The highest BCUT2D eigenvalue weighted by molar-refractivity contribution is 6.31. The van der Waals surface area contributed by atoms with E-state index in [-0.39, 0.29) is 17.9 Å². The molecule has 0 unspecified atom stereocenters. The first kappa shape index (κ1) is 16.1. The lowest BCUT2D eigenvalue weighted by Gasteiger charge is -2.33. The van der Waals surface area contributed by atoms with E-state index in [1.807, 2.05) is 41.4 Å². The number of nitrogens with zero attached hydrogens (tertiary/aromatic N) is 3. The molecule has 4 atom stereocenters. The quantitative estimate of drug-likeness (QED) is 0.717. The highest BCUT2D eigenvalue weighted by atomic mass is 35.5. The van der Waals surface area contributed by atoms with Gasteiger partial charge >= 0.3 is 0 Å². The molecule has 2 saturated heterocycles. The van der Waals surface area contributed by atoms with Crippen molar-refractivity contribution in [2.24, 2.45) is 11.8 Å². The molecular formula is C21H14ClN3O2. The summed E-state index contributed by atoms with van der Waals surface area (Å²) in [6.07, 6.45) is 3.77. The Bertz CT molecular complexity index is 1040. The molecule has 0 N–H and O–H groups in total. The first-order valence-electron chi connectivity index (χ1n) is 8.69. The van der Waals surface area contributed by atoms with Gasteiger partial charge in [0.15, 0.2) is 0 Å². The molecule has 3 aliphatic rings. The van der Waals surface area contributed by atoms with Crippen LogP contribution in [-0.2, 0) is 9.59 Å². The van der Waals surface area contributed by atoms with Gasteiger partial charge in [0.2, 0.25) is 11.8 Å². The molecule has 5 rings (SSSR count). The van der Waals surface area contributed by atoms with Crippen LogP contribution in [0.3, 0.4) is 0 Å². The maximum absolute atomic E-state index is 13.3. The molecule has 132 valence electrons. The number of carbonyl (C=O) groups excluding carboxylic acids is 2. The SMILES string of the molecule is N#C[C@H]1[C@@H]2C(=O)N(c3ccc(Cl)cc3)C(=O)[C@@H]2[C@H]2c3ccccc3C=CN21. The van der Waals surface area contributed by atoms with Crippen molar-refractivity contribution in [1.29, 1.82) is 5.26 Å². The Morgan fingerprint density at radius 2 is 1.67 bits per heavy atom. The average Bonchev–Trinajstić information content (AvgIpc) is 3.15. The number of hydrogen-bond donors (Lipinski definition) is 0. The summed E-state index contributed by atoms with van der Waals surface area (Å²) in [7, 11) is 0. The van der Waals surface area contributed by atoms with Crippen molar-refractivity contribution < 1.29 is 9.59 Å². The Hall–Kier alpha value is -3.10. The van der Waals surface area contributed by atoms with Gasteiger partial charge in [0.25, 0.3) is 0 Å². The number of nitriles is 1. The van der Waals surface area contributed by atoms with Crippen LogP contribution >= 0.6 is 11.6 Å². The second-order valence-electron chi connectivity index (χ2n) is 6.95. The summed E-state index contributed by atoms with van der Waals surface area (Å²) in [5.74, 6) is -1.84. The number of carbonyl (C=O) groups is 2. The largest absolute Gasteiger partial charge is 0.353 e. The van der Waals surface area contributed by atoms with Crippen LogP contribution in [0, 0.1) is 23.2 Å². The number of fused-ring (bicyclic) bond motifs is 5. The van der Waals surface area contributed by atoms with Crippen LogP contribution in [0.2, 0.25) is 5.02 Å². The number of halogens is 1. The van der Waals surface area contributed by atoms with Gasteiger partial charge in [-0.2, -0.15) is 5.26 Å². The van der Waals surface area contributed by atoms with Crippen molar-refractivity contribution in [3.63, 3.8) is 0 Å². The number of imide groups is 1. The van der Waals surface area contributed by atoms with Crippen LogP contribution in [0.4, 0.5) is 5.69 Å². The lowest BCUT2D eigenvalue weighted by molar-refractivity contribution is -0.123. The second-order valence-corrected chi connectivity index (χ2v) is 7.39. The molecule has 2 fully saturated rings. The normalized spacial score (nSPS) is 28.0. The predicted octanol–water partition coefficient (Wildman–Crippen LogP) is 3.38. The standard InChI is InChI=1S/C21H14ClN3O2/c22-13-5-7-14(8-6-13)25-20(26)17-16(11-23)24-10-9-12-3-1-2-4-15(12)19(24)18(17)21(25)27/h1-10,16-19H/t16-,17-,18-,19+/m0/s1. The molecule has 3 aliphatic heterocycles. The molecule has 27 heavy (non-hydrogen) atoms. The van der Waals surface area contributed by atoms with Crippen molar-refractivity contribution in [3.05, 3.63) is 70.9 Å². The van der Waals surface area contributed by atoms with Crippen LogP contribution in [-0.4, -0.2) is 22.8 Å². The van der Waals surface area contributed by atoms with Gasteiger partial charge in [-0.05, 0) is 41.5 Å². The van der Waals surface area contributed by atoms with Gasteiger partial charge in [0.1, 0.15) is 6.04 Å². The Morgan fingerprint density at radius 1 is 0.963 bits per heavy atom. The second kappa shape index (κ2) is 5.70. The Kier molecular flexibility index (Phi) is 3.40. The Morgan fingerprint density at radius 3 is 2.41 bits per heavy atom.